The van der Waals surface area contributed by atoms with Crippen LogP contribution in [-0.4, -0.2) is 27.8 Å². The van der Waals surface area contributed by atoms with Crippen LogP contribution in [0.2, 0.25) is 4.34 Å². The molecule has 0 spiro atoms. The van der Waals surface area contributed by atoms with Crippen molar-refractivity contribution < 1.29 is 4.79 Å². The van der Waals surface area contributed by atoms with Crippen LogP contribution in [0.3, 0.4) is 0 Å². The molecule has 0 fully saturated rings. The predicted octanol–water partition coefficient (Wildman–Crippen LogP) is 3.99. The van der Waals surface area contributed by atoms with Crippen LogP contribution >= 0.6 is 22.9 Å². The second kappa shape index (κ2) is 8.18. The summed E-state index contributed by atoms with van der Waals surface area (Å²) in [7, 11) is 1.77. The van der Waals surface area contributed by atoms with Crippen molar-refractivity contribution in [2.24, 2.45) is 0 Å². The van der Waals surface area contributed by atoms with E-state index in [4.69, 9.17) is 11.6 Å². The maximum Gasteiger partial charge on any atom is 0.317 e. The number of carbonyl (C=O) groups is 1. The van der Waals surface area contributed by atoms with Crippen LogP contribution in [-0.2, 0) is 19.6 Å². The van der Waals surface area contributed by atoms with Gasteiger partial charge in [-0.15, -0.1) is 11.3 Å². The number of hydrogen-bond acceptors (Lipinski definition) is 3. The van der Waals surface area contributed by atoms with Crippen LogP contribution in [0.4, 0.5) is 4.79 Å². The van der Waals surface area contributed by atoms with Gasteiger partial charge >= 0.3 is 6.03 Å². The molecule has 0 unspecified atom stereocenters. The molecular weight excluding hydrogens is 356 g/mol. The lowest BCUT2D eigenvalue weighted by Crippen LogP contribution is -2.36. The maximum absolute atomic E-state index is 12.2. The molecule has 25 heavy (non-hydrogen) atoms. The van der Waals surface area contributed by atoms with E-state index in [1.165, 1.54) is 16.9 Å². The highest BCUT2D eigenvalue weighted by Gasteiger charge is 2.10. The van der Waals surface area contributed by atoms with Crippen LogP contribution in [0.25, 0.3) is 0 Å². The quantitative estimate of drug-likeness (QED) is 0.709. The first-order valence-electron chi connectivity index (χ1n) is 7.88. The molecule has 0 aliphatic carbocycles. The molecule has 0 aliphatic rings. The lowest BCUT2D eigenvalue weighted by Gasteiger charge is -2.17. The smallest absolute Gasteiger partial charge is 0.317 e. The summed E-state index contributed by atoms with van der Waals surface area (Å²) >= 11 is 7.40. The highest BCUT2D eigenvalue weighted by molar-refractivity contribution is 7.16. The normalized spacial score (nSPS) is 10.6. The summed E-state index contributed by atoms with van der Waals surface area (Å²) in [5.41, 5.74) is 2.23. The van der Waals surface area contributed by atoms with E-state index in [1.54, 1.807) is 18.1 Å². The van der Waals surface area contributed by atoms with Gasteiger partial charge in [-0.25, -0.2) is 4.79 Å². The average Bonchev–Trinajstić information content (AvgIpc) is 3.25. The van der Waals surface area contributed by atoms with Crippen LogP contribution < -0.4 is 5.32 Å². The number of thiophene rings is 1. The van der Waals surface area contributed by atoms with Crippen molar-refractivity contribution in [3.63, 3.8) is 0 Å². The number of carbonyl (C=O) groups excluding carboxylic acids is 1. The van der Waals surface area contributed by atoms with E-state index in [1.807, 2.05) is 41.2 Å². The minimum absolute atomic E-state index is 0.106. The highest BCUT2D eigenvalue weighted by Crippen LogP contribution is 2.22. The zero-order valence-electron chi connectivity index (χ0n) is 13.9. The van der Waals surface area contributed by atoms with E-state index in [0.29, 0.717) is 13.1 Å². The van der Waals surface area contributed by atoms with E-state index >= 15 is 0 Å². The van der Waals surface area contributed by atoms with Crippen molar-refractivity contribution in [1.82, 2.24) is 20.0 Å². The van der Waals surface area contributed by atoms with Crippen molar-refractivity contribution in [3.05, 3.63) is 75.2 Å². The third-order valence-corrected chi connectivity index (χ3v) is 4.95. The van der Waals surface area contributed by atoms with E-state index < -0.39 is 0 Å². The average molecular weight is 375 g/mol. The molecule has 2 heterocycles. The largest absolute Gasteiger partial charge is 0.334 e. The van der Waals surface area contributed by atoms with E-state index in [0.717, 1.165) is 21.3 Å². The molecular formula is C18H19ClN4OS. The van der Waals surface area contributed by atoms with E-state index in [2.05, 4.69) is 22.5 Å². The Morgan fingerprint density at radius 2 is 2.00 bits per heavy atom. The van der Waals surface area contributed by atoms with Gasteiger partial charge in [0.1, 0.15) is 0 Å². The van der Waals surface area contributed by atoms with Gasteiger partial charge in [0.2, 0.25) is 0 Å². The predicted molar refractivity (Wildman–Crippen MR) is 101 cm³/mol. The number of rotatable bonds is 6. The molecule has 0 atom stereocenters. The molecule has 7 heteroatoms. The number of halogens is 1. The van der Waals surface area contributed by atoms with E-state index in [-0.39, 0.29) is 6.03 Å². The van der Waals surface area contributed by atoms with Crippen LogP contribution in [0, 0.1) is 0 Å². The highest BCUT2D eigenvalue weighted by atomic mass is 35.5. The number of benzene rings is 1. The Kier molecular flexibility index (Phi) is 5.73. The Hall–Kier alpha value is -2.31. The lowest BCUT2D eigenvalue weighted by atomic mass is 10.1. The molecule has 5 nitrogen and oxygen atoms in total. The maximum atomic E-state index is 12.2. The Bertz CT molecular complexity index is 814. The van der Waals surface area contributed by atoms with Crippen molar-refractivity contribution in [1.29, 1.82) is 0 Å². The summed E-state index contributed by atoms with van der Waals surface area (Å²) in [6, 6.07) is 13.7. The number of nitrogens with one attached hydrogen (secondary N) is 1. The molecule has 0 bridgehead atoms. The molecule has 0 saturated heterocycles. The van der Waals surface area contributed by atoms with Crippen LogP contribution in [0.1, 0.15) is 16.0 Å². The Morgan fingerprint density at radius 3 is 2.64 bits per heavy atom. The van der Waals surface area contributed by atoms with Gasteiger partial charge in [0.05, 0.1) is 17.4 Å². The van der Waals surface area contributed by atoms with Crippen LogP contribution in [0.15, 0.2) is 54.9 Å². The third kappa shape index (κ3) is 5.08. The number of amides is 2. The number of aromatic nitrogens is 2. The molecule has 130 valence electrons. The first-order chi connectivity index (χ1) is 12.1. The Morgan fingerprint density at radius 1 is 1.24 bits per heavy atom. The van der Waals surface area contributed by atoms with Gasteiger partial charge in [-0.05, 0) is 29.3 Å². The fourth-order valence-electron chi connectivity index (χ4n) is 2.40. The van der Waals surface area contributed by atoms with Crippen molar-refractivity contribution in [3.8, 4) is 0 Å². The number of nitrogens with zero attached hydrogens (tertiary/aromatic N) is 3. The summed E-state index contributed by atoms with van der Waals surface area (Å²) in [4.78, 5) is 14.9. The van der Waals surface area contributed by atoms with Crippen molar-refractivity contribution in [2.75, 3.05) is 7.05 Å². The first-order valence-corrected chi connectivity index (χ1v) is 9.08. The zero-order valence-corrected chi connectivity index (χ0v) is 15.4. The van der Waals surface area contributed by atoms with Crippen molar-refractivity contribution in [2.45, 2.75) is 19.6 Å². The third-order valence-electron chi connectivity index (χ3n) is 3.74. The summed E-state index contributed by atoms with van der Waals surface area (Å²) < 4.78 is 2.61. The molecule has 0 saturated carbocycles. The molecule has 3 rings (SSSR count). The summed E-state index contributed by atoms with van der Waals surface area (Å²) in [5.74, 6) is 0. The second-order valence-electron chi connectivity index (χ2n) is 5.74. The molecule has 0 aliphatic heterocycles. The fraction of sp³-hybridized carbons (Fsp3) is 0.222. The topological polar surface area (TPSA) is 50.2 Å². The zero-order chi connectivity index (χ0) is 17.6. The second-order valence-corrected chi connectivity index (χ2v) is 7.54. The molecule has 1 aromatic carbocycles. The summed E-state index contributed by atoms with van der Waals surface area (Å²) in [5, 5.41) is 7.13. The van der Waals surface area contributed by atoms with Gasteiger partial charge in [0, 0.05) is 30.9 Å². The molecule has 2 aromatic heterocycles. The van der Waals surface area contributed by atoms with Gasteiger partial charge in [-0.2, -0.15) is 5.10 Å². The van der Waals surface area contributed by atoms with E-state index in [9.17, 15) is 4.79 Å². The standard InChI is InChI=1S/C18H19ClN4OS/c1-22(13-16-7-8-17(19)25-16)18(24)20-11-14-3-5-15(6-4-14)12-23-10-2-9-21-23/h2-10H,11-13H2,1H3,(H,20,24). The minimum Gasteiger partial charge on any atom is -0.334 e. The lowest BCUT2D eigenvalue weighted by molar-refractivity contribution is 0.207. The molecule has 2 amide bonds. The van der Waals surface area contributed by atoms with Gasteiger partial charge < -0.3 is 10.2 Å². The number of urea groups is 1. The van der Waals surface area contributed by atoms with Crippen LogP contribution in [0.5, 0.6) is 0 Å². The van der Waals surface area contributed by atoms with Crippen molar-refractivity contribution >= 4 is 29.0 Å². The molecule has 1 N–H and O–H groups in total. The first kappa shape index (κ1) is 17.5. The Balaban J connectivity index is 1.48. The fourth-order valence-corrected chi connectivity index (χ4v) is 3.54. The minimum atomic E-state index is -0.106. The molecule has 3 aromatic rings. The van der Waals surface area contributed by atoms with Gasteiger partial charge in [-0.3, -0.25) is 4.68 Å². The monoisotopic (exact) mass is 374 g/mol. The SMILES string of the molecule is CN(Cc1ccc(Cl)s1)C(=O)NCc1ccc(Cn2cccn2)cc1. The number of hydrogen-bond donors (Lipinski definition) is 1. The summed E-state index contributed by atoms with van der Waals surface area (Å²) in [6.45, 7) is 1.79. The van der Waals surface area contributed by atoms with Gasteiger partial charge in [0.25, 0.3) is 0 Å². The molecule has 0 radical (unpaired) electrons. The van der Waals surface area contributed by atoms with Gasteiger partial charge in [-0.1, -0.05) is 35.9 Å². The van der Waals surface area contributed by atoms with Gasteiger partial charge in [0.15, 0.2) is 0 Å². The Labute approximate surface area is 155 Å². The summed E-state index contributed by atoms with van der Waals surface area (Å²) in [6.07, 6.45) is 3.70.